The molecule has 7 N–H and O–H groups in total. The van der Waals surface area contributed by atoms with Crippen LogP contribution in [0.5, 0.6) is 0 Å². The Labute approximate surface area is 418 Å². The Morgan fingerprint density at radius 2 is 1.68 bits per heavy atom. The van der Waals surface area contributed by atoms with Gasteiger partial charge in [0.05, 0.1) is 46.5 Å². The molecule has 0 radical (unpaired) electrons. The fraction of sp³-hybridized carbons (Fsp3) is 0.780. The number of ether oxygens (including phenoxy) is 6. The summed E-state index contributed by atoms with van der Waals surface area (Å²) < 4.78 is 37.9. The molecular weight excluding hydrogens is 929 g/mol. The third kappa shape index (κ3) is 16.4. The number of likely N-dealkylation sites (N-methyl/N-ethyl adjacent to an activating group) is 1. The summed E-state index contributed by atoms with van der Waals surface area (Å²) >= 11 is 0. The Kier molecular flexibility index (Phi) is 23.4. The molecule has 3 aliphatic rings. The van der Waals surface area contributed by atoms with E-state index in [9.17, 15) is 45.2 Å². The first-order valence-electron chi connectivity index (χ1n) is 24.6. The Morgan fingerprint density at radius 1 is 1.03 bits per heavy atom. The van der Waals surface area contributed by atoms with Crippen molar-refractivity contribution in [3.8, 4) is 0 Å². The van der Waals surface area contributed by atoms with Gasteiger partial charge >= 0.3 is 5.97 Å². The van der Waals surface area contributed by atoms with Crippen LogP contribution in [0.2, 0.25) is 0 Å². The van der Waals surface area contributed by atoms with Crippen LogP contribution >= 0.6 is 0 Å². The van der Waals surface area contributed by atoms with Gasteiger partial charge in [-0.05, 0) is 106 Å². The largest absolute Gasteiger partial charge is 0.483 e. The van der Waals surface area contributed by atoms with Crippen molar-refractivity contribution in [1.82, 2.24) is 15.1 Å². The average Bonchev–Trinajstić information content (AvgIpc) is 3.30. The lowest BCUT2D eigenvalue weighted by atomic mass is 9.77. The first-order chi connectivity index (χ1) is 33.1. The number of methoxy groups -OCH3 is 1. The molecule has 4 rings (SSSR count). The molecule has 0 aliphatic carbocycles. The Hall–Kier alpha value is -3.71. The van der Waals surface area contributed by atoms with Crippen LogP contribution in [0.4, 0.5) is 5.69 Å². The van der Waals surface area contributed by atoms with Gasteiger partial charge in [0.25, 0.3) is 12.2 Å². The van der Waals surface area contributed by atoms with E-state index in [2.05, 4.69) is 5.32 Å². The number of carbonyl (C=O) groups excluding carboxylic acids is 2. The highest BCUT2D eigenvalue weighted by Crippen LogP contribution is 2.40. The standard InChI is InChI=1S/C49H82N4O15.CH2O2/c1-14-37-49(10,60)42(56)32(6)52(22-16-21-50-38(54)20-19-34-17-15-18-35(24-34)53(61)62)27-28(2)25-47(8,59)44(68-46-40(55)36(51(11)12)23-29(3)64-46)30(4)41(31(5)45(58)66-37)67-39-26-48(9,63-13)43(57)33(7)65-39;2-1-3/h15,17-20,24,28-33,36-37,39-44,46,55-57,59-60H,14,16,21-23,25-27H2,1-13H3,(H,50,54);1H,(H,2,3)/b20-19+;/t28-,29-,30+,31-,32-,33+,36+,37-,39+,40-,41+,42-,43+,44-,46+,47-,48-,49-;/m1./s1. The zero-order valence-electron chi connectivity index (χ0n) is 43.9. The smallest absolute Gasteiger partial charge is 0.311 e. The number of hydrogen-bond donors (Lipinski definition) is 7. The Balaban J connectivity index is 0.00000432. The molecule has 21 heteroatoms. The number of carbonyl (C=O) groups is 3. The van der Waals surface area contributed by atoms with Gasteiger partial charge in [0.1, 0.15) is 30.0 Å². The predicted molar refractivity (Wildman–Crippen MR) is 262 cm³/mol. The van der Waals surface area contributed by atoms with Gasteiger partial charge in [-0.2, -0.15) is 0 Å². The lowest BCUT2D eigenvalue weighted by molar-refractivity contribution is -0.384. The van der Waals surface area contributed by atoms with Crippen LogP contribution < -0.4 is 5.32 Å². The molecule has 0 bridgehead atoms. The average molecular weight is 1010 g/mol. The van der Waals surface area contributed by atoms with Crippen molar-refractivity contribution in [3.05, 3.63) is 46.0 Å². The normalized spacial score (nSPS) is 39.1. The second kappa shape index (κ2) is 27.0. The van der Waals surface area contributed by atoms with Crippen LogP contribution in [0.15, 0.2) is 30.3 Å². The molecule has 0 saturated carbocycles. The fourth-order valence-electron chi connectivity index (χ4n) is 10.4. The van der Waals surface area contributed by atoms with E-state index in [0.29, 0.717) is 31.5 Å². The quantitative estimate of drug-likeness (QED) is 0.0352. The molecule has 3 heterocycles. The molecule has 0 unspecified atom stereocenters. The topological polar surface area (TPSA) is 290 Å². The molecule has 71 heavy (non-hydrogen) atoms. The molecular formula is C50H84N4O17. The number of cyclic esters (lactones) is 1. The number of aliphatic hydroxyl groups excluding tert-OH is 3. The van der Waals surface area contributed by atoms with Gasteiger partial charge in [-0.15, -0.1) is 0 Å². The maximum Gasteiger partial charge on any atom is 0.311 e. The summed E-state index contributed by atoms with van der Waals surface area (Å²) in [7, 11) is 5.21. The van der Waals surface area contributed by atoms with Gasteiger partial charge in [-0.1, -0.05) is 32.9 Å². The summed E-state index contributed by atoms with van der Waals surface area (Å²) in [5.74, 6) is -3.41. The predicted octanol–water partition coefficient (Wildman–Crippen LogP) is 3.10. The van der Waals surface area contributed by atoms with Gasteiger partial charge in [0.2, 0.25) is 5.91 Å². The van der Waals surface area contributed by atoms with E-state index in [-0.39, 0.29) is 56.0 Å². The number of carboxylic acid groups (broad SMARTS) is 1. The molecule has 3 aliphatic heterocycles. The minimum absolute atomic E-state index is 0.0818. The third-order valence-corrected chi connectivity index (χ3v) is 14.5. The number of rotatable bonds is 14. The van der Waals surface area contributed by atoms with Crippen LogP contribution in [0.3, 0.4) is 0 Å². The number of esters is 1. The number of nitrogens with one attached hydrogen (secondary N) is 1. The van der Waals surface area contributed by atoms with Crippen molar-refractivity contribution in [2.45, 2.75) is 192 Å². The van der Waals surface area contributed by atoms with Crippen molar-refractivity contribution in [1.29, 1.82) is 0 Å². The second-order valence-corrected chi connectivity index (χ2v) is 20.7. The molecule has 3 fully saturated rings. The Bertz CT molecular complexity index is 1890. The first kappa shape index (κ1) is 61.6. The van der Waals surface area contributed by atoms with Crippen molar-refractivity contribution in [2.24, 2.45) is 17.8 Å². The number of non-ortho nitro benzene ring substituents is 1. The van der Waals surface area contributed by atoms with Crippen molar-refractivity contribution in [3.63, 3.8) is 0 Å². The van der Waals surface area contributed by atoms with Gasteiger partial charge in [-0.25, -0.2) is 0 Å². The lowest BCUT2D eigenvalue weighted by Crippen LogP contribution is -2.60. The number of hydrogen-bond acceptors (Lipinski definition) is 18. The van der Waals surface area contributed by atoms with Crippen molar-refractivity contribution in [2.75, 3.05) is 40.8 Å². The van der Waals surface area contributed by atoms with E-state index in [4.69, 9.17) is 38.3 Å². The number of nitro groups is 1. The zero-order chi connectivity index (χ0) is 53.8. The summed E-state index contributed by atoms with van der Waals surface area (Å²) in [6.45, 7) is 17.9. The fourth-order valence-corrected chi connectivity index (χ4v) is 10.4. The molecule has 1 amide bonds. The van der Waals surface area contributed by atoms with Crippen LogP contribution in [-0.4, -0.2) is 195 Å². The minimum Gasteiger partial charge on any atom is -0.483 e. The van der Waals surface area contributed by atoms with Gasteiger partial charge in [0.15, 0.2) is 12.6 Å². The molecule has 0 aromatic heterocycles. The molecule has 1 aromatic rings. The summed E-state index contributed by atoms with van der Waals surface area (Å²) in [6.07, 6.45) is -6.19. The third-order valence-electron chi connectivity index (χ3n) is 14.5. The van der Waals surface area contributed by atoms with E-state index < -0.39 is 107 Å². The van der Waals surface area contributed by atoms with E-state index >= 15 is 0 Å². The Morgan fingerprint density at radius 3 is 2.27 bits per heavy atom. The summed E-state index contributed by atoms with van der Waals surface area (Å²) in [5, 5.41) is 80.7. The SMILES string of the molecule is CC[C@H]1OC(=O)[C@H](C)[C@@H](O[C@H]2C[C@@](C)(OC)[C@@H](O)[C@H](C)O2)[C@H](C)[C@@H](O[C@@H]2O[C@H](C)C[C@H](N(C)C)[C@H]2O)[C@](C)(O)C[C@@H](C)CN(CCCNC(=O)/C=C/c2cccc([N+](=O)[O-])c2)[C@H](C)[C@@H](O)[C@]1(C)O.O=CO. The monoisotopic (exact) mass is 1010 g/mol. The number of aliphatic hydroxyl groups is 5. The molecule has 3 saturated heterocycles. The van der Waals surface area contributed by atoms with Crippen LogP contribution in [0.1, 0.15) is 107 Å². The summed E-state index contributed by atoms with van der Waals surface area (Å²) in [5.41, 5.74) is -4.33. The number of benzene rings is 1. The van der Waals surface area contributed by atoms with Crippen molar-refractivity contribution < 1.29 is 78.4 Å². The van der Waals surface area contributed by atoms with Crippen LogP contribution in [0, 0.1) is 27.9 Å². The maximum atomic E-state index is 14.5. The van der Waals surface area contributed by atoms with E-state index in [0.717, 1.165) is 0 Å². The van der Waals surface area contributed by atoms with Gasteiger partial charge < -0.3 is 69.3 Å². The molecule has 406 valence electrons. The lowest BCUT2D eigenvalue weighted by Gasteiger charge is -2.48. The molecule has 21 nitrogen and oxygen atoms in total. The highest BCUT2D eigenvalue weighted by molar-refractivity contribution is 5.91. The van der Waals surface area contributed by atoms with Crippen molar-refractivity contribution >= 4 is 30.1 Å². The number of nitrogens with zero attached hydrogens (tertiary/aromatic N) is 3. The number of nitro benzene ring substituents is 1. The first-order valence-corrected chi connectivity index (χ1v) is 24.6. The van der Waals surface area contributed by atoms with E-state index in [1.807, 2.05) is 37.7 Å². The molecule has 18 atom stereocenters. The van der Waals surface area contributed by atoms with Gasteiger partial charge in [-0.3, -0.25) is 29.4 Å². The molecule has 0 spiro atoms. The second-order valence-electron chi connectivity index (χ2n) is 20.7. The summed E-state index contributed by atoms with van der Waals surface area (Å²) in [6, 6.07) is 4.84. The highest BCUT2D eigenvalue weighted by atomic mass is 16.7. The highest BCUT2D eigenvalue weighted by Gasteiger charge is 2.53. The van der Waals surface area contributed by atoms with Crippen LogP contribution in [0.25, 0.3) is 6.08 Å². The maximum absolute atomic E-state index is 14.5. The molecule has 1 aromatic carbocycles. The summed E-state index contributed by atoms with van der Waals surface area (Å²) in [4.78, 5) is 50.3. The van der Waals surface area contributed by atoms with E-state index in [1.54, 1.807) is 54.5 Å². The zero-order valence-corrected chi connectivity index (χ0v) is 43.9. The van der Waals surface area contributed by atoms with Crippen LogP contribution in [-0.2, 0) is 42.8 Å². The minimum atomic E-state index is -1.96. The van der Waals surface area contributed by atoms with Gasteiger partial charge in [0, 0.05) is 69.4 Å². The van der Waals surface area contributed by atoms with E-state index in [1.165, 1.54) is 44.4 Å². The number of amides is 1.